The van der Waals surface area contributed by atoms with Gasteiger partial charge in [0.25, 0.3) is 0 Å². The summed E-state index contributed by atoms with van der Waals surface area (Å²) in [6.45, 7) is 3.76. The number of nitrogens with zero attached hydrogens (tertiary/aromatic N) is 2. The van der Waals surface area contributed by atoms with Crippen molar-refractivity contribution >= 4 is 5.97 Å². The molecule has 5 nitrogen and oxygen atoms in total. The van der Waals surface area contributed by atoms with Crippen LogP contribution in [0.1, 0.15) is 31.9 Å². The molecule has 2 N–H and O–H groups in total. The molecule has 0 fully saturated rings. The van der Waals surface area contributed by atoms with E-state index in [1.165, 1.54) is 0 Å². The highest BCUT2D eigenvalue weighted by Crippen LogP contribution is 2.09. The fourth-order valence-electron chi connectivity index (χ4n) is 1.64. The van der Waals surface area contributed by atoms with Gasteiger partial charge >= 0.3 is 5.97 Å². The molecule has 0 spiro atoms. The summed E-state index contributed by atoms with van der Waals surface area (Å²) >= 11 is 0. The topological polar surface area (TPSA) is 67.2 Å². The second kappa shape index (κ2) is 7.06. The Morgan fingerprint density at radius 3 is 2.94 bits per heavy atom. The van der Waals surface area contributed by atoms with Gasteiger partial charge in [-0.2, -0.15) is 5.10 Å². The Morgan fingerprint density at radius 2 is 2.35 bits per heavy atom. The average molecular weight is 239 g/mol. The van der Waals surface area contributed by atoms with E-state index < -0.39 is 5.97 Å². The van der Waals surface area contributed by atoms with Crippen molar-refractivity contribution in [1.29, 1.82) is 0 Å². The predicted octanol–water partition coefficient (Wildman–Crippen LogP) is 1.40. The van der Waals surface area contributed by atoms with E-state index in [1.807, 2.05) is 19.3 Å². The third-order valence-corrected chi connectivity index (χ3v) is 2.74. The van der Waals surface area contributed by atoms with Crippen LogP contribution in [0.5, 0.6) is 0 Å². The van der Waals surface area contributed by atoms with Gasteiger partial charge in [0.1, 0.15) is 0 Å². The van der Waals surface area contributed by atoms with Crippen LogP contribution < -0.4 is 5.32 Å². The van der Waals surface area contributed by atoms with Crippen molar-refractivity contribution in [3.63, 3.8) is 0 Å². The summed E-state index contributed by atoms with van der Waals surface area (Å²) in [5.41, 5.74) is 1.03. The molecule has 5 heteroatoms. The maximum atomic E-state index is 10.4. The largest absolute Gasteiger partial charge is 0.481 e. The van der Waals surface area contributed by atoms with Gasteiger partial charge in [-0.05, 0) is 31.4 Å². The molecule has 17 heavy (non-hydrogen) atoms. The van der Waals surface area contributed by atoms with Crippen LogP contribution in [-0.2, 0) is 18.4 Å². The minimum atomic E-state index is -0.710. The fourth-order valence-corrected chi connectivity index (χ4v) is 1.64. The molecule has 96 valence electrons. The molecule has 0 amide bonds. The summed E-state index contributed by atoms with van der Waals surface area (Å²) in [6.07, 6.45) is 3.94. The Bertz CT molecular complexity index is 349. The van der Waals surface area contributed by atoms with Crippen molar-refractivity contribution in [2.45, 2.75) is 32.7 Å². The number of carbonyl (C=O) groups is 1. The second-order valence-electron chi connectivity index (χ2n) is 4.48. The summed E-state index contributed by atoms with van der Waals surface area (Å²) < 4.78 is 1.78. The number of rotatable bonds is 8. The SMILES string of the molecule is CC(CCNCc1ccn(C)n1)CCC(=O)O. The zero-order valence-electron chi connectivity index (χ0n) is 10.5. The molecule has 1 aromatic rings. The summed E-state index contributed by atoms with van der Waals surface area (Å²) in [6, 6.07) is 1.99. The maximum absolute atomic E-state index is 10.4. The molecule has 1 atom stereocenters. The molecule has 0 aliphatic heterocycles. The van der Waals surface area contributed by atoms with Crippen molar-refractivity contribution < 1.29 is 9.90 Å². The van der Waals surface area contributed by atoms with Crippen LogP contribution >= 0.6 is 0 Å². The van der Waals surface area contributed by atoms with Crippen LogP contribution in [-0.4, -0.2) is 27.4 Å². The number of aryl methyl sites for hydroxylation is 1. The smallest absolute Gasteiger partial charge is 0.303 e. The molecule has 0 aliphatic rings. The minimum absolute atomic E-state index is 0.265. The van der Waals surface area contributed by atoms with E-state index in [0.29, 0.717) is 5.92 Å². The Balaban J connectivity index is 2.05. The highest BCUT2D eigenvalue weighted by atomic mass is 16.4. The Hall–Kier alpha value is -1.36. The van der Waals surface area contributed by atoms with Crippen molar-refractivity contribution in [3.8, 4) is 0 Å². The highest BCUT2D eigenvalue weighted by molar-refractivity contribution is 5.66. The van der Waals surface area contributed by atoms with E-state index in [2.05, 4.69) is 17.3 Å². The van der Waals surface area contributed by atoms with Crippen molar-refractivity contribution in [2.24, 2.45) is 13.0 Å². The average Bonchev–Trinajstić information content (AvgIpc) is 2.68. The van der Waals surface area contributed by atoms with Crippen LogP contribution in [0, 0.1) is 5.92 Å². The van der Waals surface area contributed by atoms with Crippen molar-refractivity contribution in [2.75, 3.05) is 6.54 Å². The molecule has 0 aliphatic carbocycles. The zero-order chi connectivity index (χ0) is 12.7. The van der Waals surface area contributed by atoms with E-state index in [0.717, 1.165) is 31.6 Å². The summed E-state index contributed by atoms with van der Waals surface area (Å²) in [5.74, 6) is -0.263. The van der Waals surface area contributed by atoms with Crippen LogP contribution in [0.15, 0.2) is 12.3 Å². The molecule has 0 saturated heterocycles. The molecule has 1 rings (SSSR count). The lowest BCUT2D eigenvalue weighted by Crippen LogP contribution is -2.17. The lowest BCUT2D eigenvalue weighted by molar-refractivity contribution is -0.137. The fraction of sp³-hybridized carbons (Fsp3) is 0.667. The molecule has 1 aromatic heterocycles. The van der Waals surface area contributed by atoms with E-state index in [9.17, 15) is 4.79 Å². The summed E-state index contributed by atoms with van der Waals surface area (Å²) in [7, 11) is 1.90. The van der Waals surface area contributed by atoms with Crippen LogP contribution in [0.3, 0.4) is 0 Å². The van der Waals surface area contributed by atoms with E-state index in [1.54, 1.807) is 4.68 Å². The molecule has 0 bridgehead atoms. The number of hydrogen-bond acceptors (Lipinski definition) is 3. The molecule has 1 unspecified atom stereocenters. The first-order valence-corrected chi connectivity index (χ1v) is 5.99. The summed E-state index contributed by atoms with van der Waals surface area (Å²) in [5, 5.41) is 16.1. The first-order chi connectivity index (χ1) is 8.08. The Kier molecular flexibility index (Phi) is 5.69. The second-order valence-corrected chi connectivity index (χ2v) is 4.48. The van der Waals surface area contributed by atoms with Gasteiger partial charge in [0.2, 0.25) is 0 Å². The van der Waals surface area contributed by atoms with Gasteiger partial charge in [0.05, 0.1) is 5.69 Å². The number of aromatic nitrogens is 2. The lowest BCUT2D eigenvalue weighted by Gasteiger charge is -2.09. The predicted molar refractivity (Wildman–Crippen MR) is 65.6 cm³/mol. The van der Waals surface area contributed by atoms with Crippen LogP contribution in [0.2, 0.25) is 0 Å². The van der Waals surface area contributed by atoms with E-state index in [4.69, 9.17) is 5.11 Å². The van der Waals surface area contributed by atoms with Gasteiger partial charge in [-0.1, -0.05) is 6.92 Å². The molecular weight excluding hydrogens is 218 g/mol. The molecule has 0 saturated carbocycles. The lowest BCUT2D eigenvalue weighted by atomic mass is 10.0. The molecule has 1 heterocycles. The van der Waals surface area contributed by atoms with E-state index >= 15 is 0 Å². The normalized spacial score (nSPS) is 12.6. The minimum Gasteiger partial charge on any atom is -0.481 e. The number of nitrogens with one attached hydrogen (secondary N) is 1. The van der Waals surface area contributed by atoms with Gasteiger partial charge in [-0.15, -0.1) is 0 Å². The van der Waals surface area contributed by atoms with Gasteiger partial charge < -0.3 is 10.4 Å². The number of carboxylic acids is 1. The van der Waals surface area contributed by atoms with Crippen LogP contribution in [0.4, 0.5) is 0 Å². The van der Waals surface area contributed by atoms with Crippen LogP contribution in [0.25, 0.3) is 0 Å². The molecular formula is C12H21N3O2. The number of hydrogen-bond donors (Lipinski definition) is 2. The number of carboxylic acid groups (broad SMARTS) is 1. The monoisotopic (exact) mass is 239 g/mol. The first kappa shape index (κ1) is 13.7. The molecule has 0 aromatic carbocycles. The summed E-state index contributed by atoms with van der Waals surface area (Å²) in [4.78, 5) is 10.4. The zero-order valence-corrected chi connectivity index (χ0v) is 10.5. The van der Waals surface area contributed by atoms with Gasteiger partial charge in [-0.25, -0.2) is 0 Å². The van der Waals surface area contributed by atoms with Gasteiger partial charge in [-0.3, -0.25) is 9.48 Å². The standard InChI is InChI=1S/C12H21N3O2/c1-10(3-4-12(16)17)5-7-13-9-11-6-8-15(2)14-11/h6,8,10,13H,3-5,7,9H2,1-2H3,(H,16,17). The van der Waals surface area contributed by atoms with Gasteiger partial charge in [0, 0.05) is 26.2 Å². The third kappa shape index (κ3) is 6.06. The third-order valence-electron chi connectivity index (χ3n) is 2.74. The van der Waals surface area contributed by atoms with Crippen molar-refractivity contribution in [3.05, 3.63) is 18.0 Å². The van der Waals surface area contributed by atoms with Gasteiger partial charge in [0.15, 0.2) is 0 Å². The number of aliphatic carboxylic acids is 1. The van der Waals surface area contributed by atoms with E-state index in [-0.39, 0.29) is 6.42 Å². The maximum Gasteiger partial charge on any atom is 0.303 e. The van der Waals surface area contributed by atoms with Crippen molar-refractivity contribution in [1.82, 2.24) is 15.1 Å². The molecule has 0 radical (unpaired) electrons. The Labute approximate surface area is 102 Å². The Morgan fingerprint density at radius 1 is 1.59 bits per heavy atom. The highest BCUT2D eigenvalue weighted by Gasteiger charge is 2.05. The quantitative estimate of drug-likeness (QED) is 0.673. The first-order valence-electron chi connectivity index (χ1n) is 5.99.